The molecule has 0 bridgehead atoms. The Morgan fingerprint density at radius 1 is 1.09 bits per heavy atom. The number of ether oxygens (including phenoxy) is 2. The van der Waals surface area contributed by atoms with Crippen LogP contribution in [-0.2, 0) is 9.59 Å². The molecule has 2 aromatic carbocycles. The van der Waals surface area contributed by atoms with Crippen molar-refractivity contribution in [3.63, 3.8) is 0 Å². The number of hydrogen-bond acceptors (Lipinski definition) is 6. The molecule has 0 aromatic heterocycles. The first-order chi connectivity index (χ1) is 15.4. The lowest BCUT2D eigenvalue weighted by atomic mass is 9.95. The highest BCUT2D eigenvalue weighted by Crippen LogP contribution is 2.40. The second-order valence-electron chi connectivity index (χ2n) is 7.95. The van der Waals surface area contributed by atoms with Crippen molar-refractivity contribution in [2.45, 2.75) is 19.4 Å². The lowest BCUT2D eigenvalue weighted by Crippen LogP contribution is -2.35. The normalized spacial score (nSPS) is 17.8. The van der Waals surface area contributed by atoms with Gasteiger partial charge in [0.15, 0.2) is 0 Å². The lowest BCUT2D eigenvalue weighted by molar-refractivity contribution is -0.140. The Balaban J connectivity index is 2.10. The molecule has 0 radical (unpaired) electrons. The molecular formula is C25H30N2O5. The molecule has 1 heterocycles. The monoisotopic (exact) mass is 438 g/mol. The molecule has 7 nitrogen and oxygen atoms in total. The molecule has 1 amide bonds. The number of aliphatic hydroxyl groups excluding tert-OH is 1. The average Bonchev–Trinajstić information content (AvgIpc) is 3.06. The van der Waals surface area contributed by atoms with E-state index in [1.54, 1.807) is 31.4 Å². The maximum atomic E-state index is 13.1. The Kier molecular flexibility index (Phi) is 7.53. The molecule has 0 aliphatic carbocycles. The summed E-state index contributed by atoms with van der Waals surface area (Å²) in [6.45, 7) is 3.52. The standard InChI is InChI=1S/C25H30N2O5/c1-5-15-32-20-8-6-7-18(16-20)22-21(23(28)17-9-11-19(31-4)12-10-17)24(29)25(30)27(22)14-13-26(2)3/h6-12,16,22,28H,5,13-15H2,1-4H3/b23-21+/t22-/m0/s1. The molecule has 170 valence electrons. The van der Waals surface area contributed by atoms with Gasteiger partial charge < -0.3 is 24.4 Å². The zero-order chi connectivity index (χ0) is 23.3. The second-order valence-corrected chi connectivity index (χ2v) is 7.95. The van der Waals surface area contributed by atoms with Gasteiger partial charge in [0, 0.05) is 18.7 Å². The van der Waals surface area contributed by atoms with E-state index < -0.39 is 17.7 Å². The van der Waals surface area contributed by atoms with Crippen LogP contribution < -0.4 is 9.47 Å². The first kappa shape index (κ1) is 23.3. The number of Topliss-reactive ketones (excluding diaryl/α,β-unsaturated/α-hetero) is 1. The maximum Gasteiger partial charge on any atom is 0.295 e. The first-order valence-electron chi connectivity index (χ1n) is 10.7. The van der Waals surface area contributed by atoms with Crippen molar-refractivity contribution < 1.29 is 24.2 Å². The minimum Gasteiger partial charge on any atom is -0.507 e. The average molecular weight is 439 g/mol. The minimum atomic E-state index is -0.706. The highest BCUT2D eigenvalue weighted by Gasteiger charge is 2.46. The summed E-state index contributed by atoms with van der Waals surface area (Å²) in [4.78, 5) is 29.5. The third-order valence-electron chi connectivity index (χ3n) is 5.34. The van der Waals surface area contributed by atoms with E-state index in [0.717, 1.165) is 6.42 Å². The van der Waals surface area contributed by atoms with Gasteiger partial charge in [0.05, 0.1) is 25.3 Å². The number of likely N-dealkylation sites (N-methyl/N-ethyl adjacent to an activating group) is 1. The summed E-state index contributed by atoms with van der Waals surface area (Å²) in [5.74, 6) is -0.228. The number of nitrogens with zero attached hydrogens (tertiary/aromatic N) is 2. The van der Waals surface area contributed by atoms with Gasteiger partial charge in [0.25, 0.3) is 11.7 Å². The SMILES string of the molecule is CCCOc1cccc([C@H]2/C(=C(\O)c3ccc(OC)cc3)C(=O)C(=O)N2CCN(C)C)c1. The molecule has 0 spiro atoms. The zero-order valence-corrected chi connectivity index (χ0v) is 19.0. The second kappa shape index (κ2) is 10.3. The summed E-state index contributed by atoms with van der Waals surface area (Å²) < 4.78 is 10.9. The van der Waals surface area contributed by atoms with E-state index in [0.29, 0.717) is 42.3 Å². The molecule has 1 atom stereocenters. The van der Waals surface area contributed by atoms with Crippen LogP contribution in [0.25, 0.3) is 5.76 Å². The molecule has 1 fully saturated rings. The molecule has 7 heteroatoms. The van der Waals surface area contributed by atoms with Gasteiger partial charge in [-0.25, -0.2) is 0 Å². The Morgan fingerprint density at radius 3 is 2.44 bits per heavy atom. The highest BCUT2D eigenvalue weighted by atomic mass is 16.5. The number of aliphatic hydroxyl groups is 1. The number of rotatable bonds is 9. The third-order valence-corrected chi connectivity index (χ3v) is 5.34. The molecule has 0 saturated carbocycles. The van der Waals surface area contributed by atoms with E-state index in [2.05, 4.69) is 0 Å². The number of carbonyl (C=O) groups excluding carboxylic acids is 2. The zero-order valence-electron chi connectivity index (χ0n) is 19.0. The summed E-state index contributed by atoms with van der Waals surface area (Å²) in [7, 11) is 5.36. The molecular weight excluding hydrogens is 408 g/mol. The first-order valence-corrected chi connectivity index (χ1v) is 10.7. The van der Waals surface area contributed by atoms with Gasteiger partial charge in [-0.05, 0) is 62.5 Å². The van der Waals surface area contributed by atoms with Crippen molar-refractivity contribution in [3.05, 3.63) is 65.2 Å². The van der Waals surface area contributed by atoms with Crippen LogP contribution >= 0.6 is 0 Å². The number of methoxy groups -OCH3 is 1. The van der Waals surface area contributed by atoms with E-state index in [-0.39, 0.29) is 11.3 Å². The number of amides is 1. The van der Waals surface area contributed by atoms with Crippen molar-refractivity contribution in [1.82, 2.24) is 9.80 Å². The van der Waals surface area contributed by atoms with Gasteiger partial charge in [-0.1, -0.05) is 19.1 Å². The maximum absolute atomic E-state index is 13.1. The number of ketones is 1. The van der Waals surface area contributed by atoms with Crippen molar-refractivity contribution in [3.8, 4) is 11.5 Å². The molecule has 2 aromatic rings. The topological polar surface area (TPSA) is 79.3 Å². The van der Waals surface area contributed by atoms with Gasteiger partial charge in [0.1, 0.15) is 17.3 Å². The van der Waals surface area contributed by atoms with Gasteiger partial charge >= 0.3 is 0 Å². The van der Waals surface area contributed by atoms with E-state index in [4.69, 9.17) is 9.47 Å². The summed E-state index contributed by atoms with van der Waals surface area (Å²) in [5.41, 5.74) is 1.23. The van der Waals surface area contributed by atoms with Gasteiger partial charge in [-0.2, -0.15) is 0 Å². The van der Waals surface area contributed by atoms with Gasteiger partial charge in [-0.3, -0.25) is 9.59 Å². The molecule has 0 unspecified atom stereocenters. The molecule has 3 rings (SSSR count). The summed E-state index contributed by atoms with van der Waals surface area (Å²) >= 11 is 0. The predicted octanol–water partition coefficient (Wildman–Crippen LogP) is 3.47. The van der Waals surface area contributed by atoms with Crippen molar-refractivity contribution in [2.75, 3.05) is 40.9 Å². The number of hydrogen-bond donors (Lipinski definition) is 1. The van der Waals surface area contributed by atoms with E-state index in [1.807, 2.05) is 50.2 Å². The van der Waals surface area contributed by atoms with Crippen LogP contribution in [0.4, 0.5) is 0 Å². The van der Waals surface area contributed by atoms with E-state index in [1.165, 1.54) is 4.90 Å². The van der Waals surface area contributed by atoms with E-state index in [9.17, 15) is 14.7 Å². The molecule has 1 aliphatic heterocycles. The van der Waals surface area contributed by atoms with Crippen LogP contribution in [0, 0.1) is 0 Å². The highest BCUT2D eigenvalue weighted by molar-refractivity contribution is 6.46. The molecule has 1 N–H and O–H groups in total. The summed E-state index contributed by atoms with van der Waals surface area (Å²) in [6, 6.07) is 13.4. The van der Waals surface area contributed by atoms with E-state index >= 15 is 0 Å². The Labute approximate surface area is 188 Å². The van der Waals surface area contributed by atoms with Crippen LogP contribution in [0.5, 0.6) is 11.5 Å². The van der Waals surface area contributed by atoms with Gasteiger partial charge in [0.2, 0.25) is 0 Å². The number of carbonyl (C=O) groups is 2. The molecule has 1 saturated heterocycles. The van der Waals surface area contributed by atoms with Crippen molar-refractivity contribution in [1.29, 1.82) is 0 Å². The summed E-state index contributed by atoms with van der Waals surface area (Å²) in [6.07, 6.45) is 0.864. The van der Waals surface area contributed by atoms with Crippen molar-refractivity contribution in [2.24, 2.45) is 0 Å². The predicted molar refractivity (Wildman–Crippen MR) is 123 cm³/mol. The largest absolute Gasteiger partial charge is 0.507 e. The fourth-order valence-electron chi connectivity index (χ4n) is 3.66. The van der Waals surface area contributed by atoms with Gasteiger partial charge in [-0.15, -0.1) is 0 Å². The van der Waals surface area contributed by atoms with Crippen LogP contribution in [-0.4, -0.2) is 67.5 Å². The lowest BCUT2D eigenvalue weighted by Gasteiger charge is -2.27. The van der Waals surface area contributed by atoms with Crippen LogP contribution in [0.15, 0.2) is 54.1 Å². The van der Waals surface area contributed by atoms with Crippen LogP contribution in [0.3, 0.4) is 0 Å². The van der Waals surface area contributed by atoms with Crippen LogP contribution in [0.1, 0.15) is 30.5 Å². The Morgan fingerprint density at radius 2 is 1.81 bits per heavy atom. The fourth-order valence-corrected chi connectivity index (χ4v) is 3.66. The number of benzene rings is 2. The fraction of sp³-hybridized carbons (Fsp3) is 0.360. The summed E-state index contributed by atoms with van der Waals surface area (Å²) in [5, 5.41) is 11.1. The Bertz CT molecular complexity index is 998. The smallest absolute Gasteiger partial charge is 0.295 e. The minimum absolute atomic E-state index is 0.0755. The number of likely N-dealkylation sites (tertiary alicyclic amines) is 1. The van der Waals surface area contributed by atoms with Crippen molar-refractivity contribution >= 4 is 17.4 Å². The quantitative estimate of drug-likeness (QED) is 0.367. The van der Waals surface area contributed by atoms with Crippen LogP contribution in [0.2, 0.25) is 0 Å². The Hall–Kier alpha value is -3.32. The third kappa shape index (κ3) is 4.94. The molecule has 32 heavy (non-hydrogen) atoms. The molecule has 1 aliphatic rings.